The lowest BCUT2D eigenvalue weighted by molar-refractivity contribution is 0.198. The van der Waals surface area contributed by atoms with E-state index in [0.29, 0.717) is 11.8 Å². The first-order chi connectivity index (χ1) is 8.86. The van der Waals surface area contributed by atoms with Crippen LogP contribution in [-0.2, 0) is 0 Å². The average molecular weight is 266 g/mol. The number of carbonyl (C=O) groups is 1. The first-order valence-electron chi connectivity index (χ1n) is 7.36. The van der Waals surface area contributed by atoms with E-state index in [9.17, 15) is 4.79 Å². The van der Waals surface area contributed by atoms with Crippen LogP contribution in [0.15, 0.2) is 23.5 Å². The van der Waals surface area contributed by atoms with Gasteiger partial charge in [0.15, 0.2) is 0 Å². The summed E-state index contributed by atoms with van der Waals surface area (Å²) in [5.74, 6) is 0.751. The largest absolute Gasteiger partial charge is 0.325 e. The smallest absolute Gasteiger partial charge is 0.314 e. The van der Waals surface area contributed by atoms with Gasteiger partial charge in [-0.2, -0.15) is 0 Å². The van der Waals surface area contributed by atoms with Crippen LogP contribution in [0.3, 0.4) is 0 Å². The van der Waals surface area contributed by atoms with Crippen LogP contribution in [0.25, 0.3) is 0 Å². The molecule has 0 radical (unpaired) electrons. The molecule has 0 saturated heterocycles. The molecule has 19 heavy (non-hydrogen) atoms. The lowest BCUT2D eigenvalue weighted by atomic mass is 9.94. The number of carbonyl (C=O) groups excluding carboxylic acids is 1. The number of nitrogens with one attached hydrogen (secondary N) is 1. The highest BCUT2D eigenvalue weighted by molar-refractivity contribution is 5.78. The number of hydrogen-bond donors (Lipinski definition) is 1. The van der Waals surface area contributed by atoms with Gasteiger partial charge in [-0.3, -0.25) is 4.90 Å². The van der Waals surface area contributed by atoms with Crippen LogP contribution in [0.4, 0.5) is 4.79 Å². The van der Waals surface area contributed by atoms with Crippen molar-refractivity contribution >= 4 is 6.03 Å². The maximum Gasteiger partial charge on any atom is 0.325 e. The lowest BCUT2D eigenvalue weighted by Crippen LogP contribution is -2.42. The molecule has 2 amide bonds. The molecule has 3 nitrogen and oxygen atoms in total. The molecule has 0 aromatic carbocycles. The molecular formula is C16H30N2O. The van der Waals surface area contributed by atoms with Gasteiger partial charge < -0.3 is 5.32 Å². The Morgan fingerprint density at radius 3 is 1.89 bits per heavy atom. The molecule has 0 atom stereocenters. The van der Waals surface area contributed by atoms with Gasteiger partial charge in [-0.05, 0) is 37.3 Å². The van der Waals surface area contributed by atoms with Crippen molar-refractivity contribution in [3.05, 3.63) is 23.5 Å². The van der Waals surface area contributed by atoms with Crippen LogP contribution < -0.4 is 5.32 Å². The molecule has 0 fully saturated rings. The van der Waals surface area contributed by atoms with Crippen molar-refractivity contribution in [2.45, 2.75) is 61.4 Å². The second kappa shape index (κ2) is 8.03. The van der Waals surface area contributed by atoms with Crippen LogP contribution in [0.5, 0.6) is 0 Å². The van der Waals surface area contributed by atoms with Gasteiger partial charge in [-0.15, -0.1) is 0 Å². The Balaban J connectivity index is 0.00000154. The number of allylic oxidation sites excluding steroid dienone is 3. The van der Waals surface area contributed by atoms with Gasteiger partial charge in [0.25, 0.3) is 0 Å². The van der Waals surface area contributed by atoms with E-state index in [4.69, 9.17) is 0 Å². The quantitative estimate of drug-likeness (QED) is 0.800. The lowest BCUT2D eigenvalue weighted by Gasteiger charge is -2.32. The highest BCUT2D eigenvalue weighted by Gasteiger charge is 2.27. The van der Waals surface area contributed by atoms with Crippen molar-refractivity contribution < 1.29 is 4.79 Å². The second-order valence-electron chi connectivity index (χ2n) is 5.40. The van der Waals surface area contributed by atoms with Crippen LogP contribution in [-0.4, -0.2) is 17.0 Å². The summed E-state index contributed by atoms with van der Waals surface area (Å²) in [6, 6.07) is 0.136. The zero-order chi connectivity index (χ0) is 15.2. The van der Waals surface area contributed by atoms with E-state index in [2.05, 4.69) is 33.0 Å². The normalized spacial score (nSPS) is 15.7. The van der Waals surface area contributed by atoms with E-state index in [0.717, 1.165) is 5.70 Å². The summed E-state index contributed by atoms with van der Waals surface area (Å²) in [5.41, 5.74) is 2.38. The first kappa shape index (κ1) is 17.8. The predicted octanol–water partition coefficient (Wildman–Crippen LogP) is 4.53. The molecule has 110 valence electrons. The Labute approximate surface area is 118 Å². The molecule has 1 aliphatic heterocycles. The minimum Gasteiger partial charge on any atom is -0.314 e. The van der Waals surface area contributed by atoms with Crippen molar-refractivity contribution in [2.24, 2.45) is 11.8 Å². The molecule has 1 rings (SSSR count). The summed E-state index contributed by atoms with van der Waals surface area (Å²) in [6.07, 6.45) is 3.78. The van der Waals surface area contributed by atoms with Crippen molar-refractivity contribution in [3.8, 4) is 0 Å². The average Bonchev–Trinajstić information content (AvgIpc) is 2.50. The second-order valence-corrected chi connectivity index (χ2v) is 5.40. The molecular weight excluding hydrogens is 236 g/mol. The van der Waals surface area contributed by atoms with Gasteiger partial charge in [0.05, 0.1) is 0 Å². The Bertz CT molecular complexity index is 352. The summed E-state index contributed by atoms with van der Waals surface area (Å²) in [7, 11) is 0. The third-order valence-electron chi connectivity index (χ3n) is 2.93. The minimum atomic E-state index is -0.0319. The molecule has 0 spiro atoms. The molecule has 3 heteroatoms. The first-order valence-corrected chi connectivity index (χ1v) is 7.36. The Morgan fingerprint density at radius 2 is 1.53 bits per heavy atom. The summed E-state index contributed by atoms with van der Waals surface area (Å²) < 4.78 is 0. The Kier molecular flexibility index (Phi) is 7.50. The van der Waals surface area contributed by atoms with Crippen LogP contribution >= 0.6 is 0 Å². The molecule has 0 aromatic rings. The fourth-order valence-electron chi connectivity index (χ4n) is 2.22. The van der Waals surface area contributed by atoms with Gasteiger partial charge in [0.1, 0.15) is 0 Å². The minimum absolute atomic E-state index is 0.0319. The van der Waals surface area contributed by atoms with Gasteiger partial charge in [-0.1, -0.05) is 41.5 Å². The van der Waals surface area contributed by atoms with Crippen LogP contribution in [0, 0.1) is 11.8 Å². The van der Waals surface area contributed by atoms with Crippen molar-refractivity contribution in [2.75, 3.05) is 0 Å². The number of hydrogen-bond acceptors (Lipinski definition) is 1. The van der Waals surface area contributed by atoms with E-state index in [-0.39, 0.29) is 12.1 Å². The highest BCUT2D eigenvalue weighted by Crippen LogP contribution is 2.28. The van der Waals surface area contributed by atoms with Gasteiger partial charge in [-0.25, -0.2) is 4.79 Å². The fraction of sp³-hybridized carbons (Fsp3) is 0.688. The maximum absolute atomic E-state index is 12.1. The zero-order valence-electron chi connectivity index (χ0n) is 13.7. The molecule has 0 bridgehead atoms. The van der Waals surface area contributed by atoms with E-state index < -0.39 is 0 Å². The summed E-state index contributed by atoms with van der Waals surface area (Å²) in [5, 5.41) is 2.81. The van der Waals surface area contributed by atoms with Gasteiger partial charge in [0, 0.05) is 17.9 Å². The summed E-state index contributed by atoms with van der Waals surface area (Å²) in [6.45, 7) is 16.7. The topological polar surface area (TPSA) is 32.3 Å². The summed E-state index contributed by atoms with van der Waals surface area (Å²) in [4.78, 5) is 13.9. The number of nitrogens with zero attached hydrogens (tertiary/aromatic N) is 1. The number of urea groups is 1. The van der Waals surface area contributed by atoms with E-state index in [1.807, 2.05) is 38.7 Å². The molecule has 1 N–H and O–H groups in total. The Hall–Kier alpha value is -1.25. The van der Waals surface area contributed by atoms with Crippen molar-refractivity contribution in [1.29, 1.82) is 0 Å². The third-order valence-corrected chi connectivity index (χ3v) is 2.93. The third kappa shape index (κ3) is 4.41. The van der Waals surface area contributed by atoms with E-state index in [1.54, 1.807) is 6.20 Å². The molecule has 0 unspecified atom stereocenters. The zero-order valence-corrected chi connectivity index (χ0v) is 13.7. The molecule has 1 aliphatic rings. The van der Waals surface area contributed by atoms with Gasteiger partial charge in [0.2, 0.25) is 0 Å². The summed E-state index contributed by atoms with van der Waals surface area (Å²) >= 11 is 0. The predicted molar refractivity (Wildman–Crippen MR) is 82.7 cm³/mol. The Morgan fingerprint density at radius 1 is 1.00 bits per heavy atom. The molecule has 1 heterocycles. The maximum atomic E-state index is 12.1. The van der Waals surface area contributed by atoms with Crippen molar-refractivity contribution in [1.82, 2.24) is 10.2 Å². The van der Waals surface area contributed by atoms with E-state index >= 15 is 0 Å². The highest BCUT2D eigenvalue weighted by atomic mass is 16.2. The van der Waals surface area contributed by atoms with Crippen molar-refractivity contribution in [3.63, 3.8) is 0 Å². The van der Waals surface area contributed by atoms with Crippen LogP contribution in [0.2, 0.25) is 0 Å². The SMILES string of the molecule is CC.CC(C)C1=C(C(C)C)N(C(C)C)C(=O)NC=C1. The number of rotatable bonds is 3. The fourth-order valence-corrected chi connectivity index (χ4v) is 2.22. The standard InChI is InChI=1S/C14H24N2O.C2H6/c1-9(2)12-7-8-15-14(17)16(11(5)6)13(12)10(3)4;1-2/h7-11H,1-6H3,(H,15,17);1-2H3. The molecule has 0 aliphatic carbocycles. The van der Waals surface area contributed by atoms with Gasteiger partial charge >= 0.3 is 6.03 Å². The van der Waals surface area contributed by atoms with Crippen LogP contribution in [0.1, 0.15) is 55.4 Å². The molecule has 0 saturated carbocycles. The monoisotopic (exact) mass is 266 g/mol. The van der Waals surface area contributed by atoms with E-state index in [1.165, 1.54) is 5.57 Å². The number of amides is 2. The molecule has 0 aromatic heterocycles.